The summed E-state index contributed by atoms with van der Waals surface area (Å²) < 4.78 is 0. The summed E-state index contributed by atoms with van der Waals surface area (Å²) in [4.78, 5) is 10.9. The van der Waals surface area contributed by atoms with Gasteiger partial charge in [-0.15, -0.1) is 0 Å². The Hall–Kier alpha value is -0.480. The van der Waals surface area contributed by atoms with Crippen LogP contribution in [-0.4, -0.2) is 33.3 Å². The number of halogens is 1. The third kappa shape index (κ3) is 3.24. The molecule has 0 N–H and O–H groups in total. The number of rotatable bonds is 4. The fraction of sp³-hybridized carbons (Fsp3) is 0.636. The molecule has 1 atom stereocenters. The van der Waals surface area contributed by atoms with E-state index in [0.717, 1.165) is 23.6 Å². The number of nitrogens with zero attached hydrogens (tertiary/aromatic N) is 3. The first-order chi connectivity index (χ1) is 7.38. The van der Waals surface area contributed by atoms with Crippen LogP contribution in [0.15, 0.2) is 18.5 Å². The van der Waals surface area contributed by atoms with Gasteiger partial charge in [-0.2, -0.15) is 0 Å². The van der Waals surface area contributed by atoms with E-state index in [4.69, 9.17) is 0 Å². The molecule has 15 heavy (non-hydrogen) atoms. The predicted molar refractivity (Wildman–Crippen MR) is 63.8 cm³/mol. The van der Waals surface area contributed by atoms with Gasteiger partial charge in [0.1, 0.15) is 5.82 Å². The lowest BCUT2D eigenvalue weighted by molar-refractivity contribution is 0.307. The van der Waals surface area contributed by atoms with E-state index >= 15 is 0 Å². The Morgan fingerprint density at radius 2 is 2.20 bits per heavy atom. The van der Waals surface area contributed by atoms with E-state index in [2.05, 4.69) is 30.8 Å². The lowest BCUT2D eigenvalue weighted by atomic mass is 10.1. The van der Waals surface area contributed by atoms with Crippen LogP contribution in [-0.2, 0) is 6.54 Å². The highest BCUT2D eigenvalue weighted by Crippen LogP contribution is 2.21. The molecule has 1 aromatic rings. The molecule has 2 rings (SSSR count). The number of aromatic nitrogens is 2. The van der Waals surface area contributed by atoms with Crippen molar-refractivity contribution in [2.45, 2.75) is 19.4 Å². The van der Waals surface area contributed by atoms with Gasteiger partial charge in [-0.3, -0.25) is 4.90 Å². The summed E-state index contributed by atoms with van der Waals surface area (Å²) in [6.07, 6.45) is 6.23. The van der Waals surface area contributed by atoms with Crippen LogP contribution in [0.1, 0.15) is 18.7 Å². The maximum Gasteiger partial charge on any atom is 0.142 e. The Bertz CT molecular complexity index is 291. The standard InChI is InChI=1S/C11H16BrN3/c12-4-2-10-3-7-15(8-10)9-11-13-5-1-6-14-11/h1,5-6,10H,2-4,7-9H2. The van der Waals surface area contributed by atoms with Crippen LogP contribution in [0.25, 0.3) is 0 Å². The molecule has 0 aromatic carbocycles. The molecule has 0 bridgehead atoms. The minimum Gasteiger partial charge on any atom is -0.296 e. The SMILES string of the molecule is BrCCC1CCN(Cc2ncccn2)C1. The topological polar surface area (TPSA) is 29.0 Å². The van der Waals surface area contributed by atoms with Gasteiger partial charge in [-0.25, -0.2) is 9.97 Å². The van der Waals surface area contributed by atoms with Crippen molar-refractivity contribution >= 4 is 15.9 Å². The second-order valence-electron chi connectivity index (χ2n) is 4.03. The van der Waals surface area contributed by atoms with E-state index in [9.17, 15) is 0 Å². The van der Waals surface area contributed by atoms with E-state index in [-0.39, 0.29) is 0 Å². The summed E-state index contributed by atoms with van der Waals surface area (Å²) in [5.41, 5.74) is 0. The monoisotopic (exact) mass is 269 g/mol. The molecular formula is C11H16BrN3. The second kappa shape index (κ2) is 5.56. The van der Waals surface area contributed by atoms with E-state index < -0.39 is 0 Å². The van der Waals surface area contributed by atoms with Gasteiger partial charge in [0.15, 0.2) is 0 Å². The molecule has 1 fully saturated rings. The van der Waals surface area contributed by atoms with Crippen LogP contribution in [0.5, 0.6) is 0 Å². The average molecular weight is 270 g/mol. The smallest absolute Gasteiger partial charge is 0.142 e. The molecule has 1 aliphatic heterocycles. The summed E-state index contributed by atoms with van der Waals surface area (Å²) in [6.45, 7) is 3.29. The van der Waals surface area contributed by atoms with E-state index in [0.29, 0.717) is 0 Å². The predicted octanol–water partition coefficient (Wildman–Crippen LogP) is 2.08. The van der Waals surface area contributed by atoms with E-state index in [1.807, 2.05) is 18.5 Å². The minimum atomic E-state index is 0.855. The van der Waals surface area contributed by atoms with Crippen LogP contribution in [0.3, 0.4) is 0 Å². The first-order valence-electron chi connectivity index (χ1n) is 5.42. The van der Waals surface area contributed by atoms with E-state index in [1.165, 1.54) is 25.9 Å². The van der Waals surface area contributed by atoms with Crippen molar-refractivity contribution in [1.29, 1.82) is 0 Å². The van der Waals surface area contributed by atoms with Crippen molar-refractivity contribution in [3.8, 4) is 0 Å². The zero-order valence-electron chi connectivity index (χ0n) is 8.77. The molecule has 1 aliphatic rings. The zero-order valence-corrected chi connectivity index (χ0v) is 10.4. The normalized spacial score (nSPS) is 22.1. The molecule has 3 nitrogen and oxygen atoms in total. The van der Waals surface area contributed by atoms with Crippen molar-refractivity contribution < 1.29 is 0 Å². The van der Waals surface area contributed by atoms with Crippen molar-refractivity contribution in [1.82, 2.24) is 14.9 Å². The average Bonchev–Trinajstić information content (AvgIpc) is 2.68. The van der Waals surface area contributed by atoms with Gasteiger partial charge in [0.25, 0.3) is 0 Å². The second-order valence-corrected chi connectivity index (χ2v) is 4.83. The fourth-order valence-electron chi connectivity index (χ4n) is 2.06. The molecule has 0 aliphatic carbocycles. The van der Waals surface area contributed by atoms with Crippen molar-refractivity contribution in [2.24, 2.45) is 5.92 Å². The summed E-state index contributed by atoms with van der Waals surface area (Å²) in [6, 6.07) is 1.86. The quantitative estimate of drug-likeness (QED) is 0.784. The van der Waals surface area contributed by atoms with Gasteiger partial charge in [0, 0.05) is 24.3 Å². The van der Waals surface area contributed by atoms with Crippen molar-refractivity contribution in [2.75, 3.05) is 18.4 Å². The maximum absolute atomic E-state index is 4.25. The van der Waals surface area contributed by atoms with Gasteiger partial charge in [0.05, 0.1) is 6.54 Å². The Morgan fingerprint density at radius 3 is 2.93 bits per heavy atom. The first kappa shape index (κ1) is 11.0. The molecule has 0 saturated carbocycles. The molecule has 82 valence electrons. The minimum absolute atomic E-state index is 0.855. The molecule has 1 saturated heterocycles. The molecular weight excluding hydrogens is 254 g/mol. The summed E-state index contributed by atoms with van der Waals surface area (Å²) in [5.74, 6) is 1.80. The summed E-state index contributed by atoms with van der Waals surface area (Å²) >= 11 is 3.50. The highest BCUT2D eigenvalue weighted by molar-refractivity contribution is 9.09. The number of hydrogen-bond acceptors (Lipinski definition) is 3. The molecule has 0 amide bonds. The van der Waals surface area contributed by atoms with Gasteiger partial charge >= 0.3 is 0 Å². The molecule has 0 radical (unpaired) electrons. The molecule has 1 unspecified atom stereocenters. The molecule has 0 spiro atoms. The summed E-state index contributed by atoms with van der Waals surface area (Å²) in [7, 11) is 0. The van der Waals surface area contributed by atoms with Crippen LogP contribution in [0, 0.1) is 5.92 Å². The third-order valence-electron chi connectivity index (χ3n) is 2.87. The highest BCUT2D eigenvalue weighted by atomic mass is 79.9. The van der Waals surface area contributed by atoms with Gasteiger partial charge in [0.2, 0.25) is 0 Å². The van der Waals surface area contributed by atoms with Crippen molar-refractivity contribution in [3.63, 3.8) is 0 Å². The lowest BCUT2D eigenvalue weighted by Gasteiger charge is -2.14. The lowest BCUT2D eigenvalue weighted by Crippen LogP contribution is -2.21. The van der Waals surface area contributed by atoms with Crippen LogP contribution in [0.4, 0.5) is 0 Å². The highest BCUT2D eigenvalue weighted by Gasteiger charge is 2.22. The fourth-order valence-corrected chi connectivity index (χ4v) is 2.71. The largest absolute Gasteiger partial charge is 0.296 e. The Kier molecular flexibility index (Phi) is 4.09. The van der Waals surface area contributed by atoms with Gasteiger partial charge in [-0.1, -0.05) is 15.9 Å². The Labute approximate surface area is 99.0 Å². The van der Waals surface area contributed by atoms with Crippen LogP contribution < -0.4 is 0 Å². The third-order valence-corrected chi connectivity index (χ3v) is 3.33. The van der Waals surface area contributed by atoms with Crippen LogP contribution in [0.2, 0.25) is 0 Å². The van der Waals surface area contributed by atoms with Crippen molar-refractivity contribution in [3.05, 3.63) is 24.3 Å². The number of likely N-dealkylation sites (tertiary alicyclic amines) is 1. The zero-order chi connectivity index (χ0) is 10.5. The Balaban J connectivity index is 1.82. The maximum atomic E-state index is 4.25. The van der Waals surface area contributed by atoms with E-state index in [1.54, 1.807) is 0 Å². The first-order valence-corrected chi connectivity index (χ1v) is 6.55. The van der Waals surface area contributed by atoms with Gasteiger partial charge < -0.3 is 0 Å². The number of alkyl halides is 1. The molecule has 1 aromatic heterocycles. The molecule has 2 heterocycles. The Morgan fingerprint density at radius 1 is 1.40 bits per heavy atom. The van der Waals surface area contributed by atoms with Gasteiger partial charge in [-0.05, 0) is 31.4 Å². The molecule has 4 heteroatoms. The number of hydrogen-bond donors (Lipinski definition) is 0. The van der Waals surface area contributed by atoms with Crippen LogP contribution >= 0.6 is 15.9 Å². The summed E-state index contributed by atoms with van der Waals surface area (Å²) in [5, 5.41) is 1.12.